The number of aryl methyl sites for hydroxylation is 1. The monoisotopic (exact) mass is 383 g/mol. The van der Waals surface area contributed by atoms with Gasteiger partial charge in [-0.25, -0.2) is 4.39 Å². The Morgan fingerprint density at radius 1 is 0.793 bits per heavy atom. The predicted octanol–water partition coefficient (Wildman–Crippen LogP) is 6.76. The molecule has 4 heteroatoms. The highest BCUT2D eigenvalue weighted by molar-refractivity contribution is 5.79. The smallest absolute Gasteiger partial charge is 0.123 e. The van der Waals surface area contributed by atoms with Gasteiger partial charge in [0.25, 0.3) is 0 Å². The summed E-state index contributed by atoms with van der Waals surface area (Å²) in [4.78, 5) is 3.38. The zero-order valence-electron chi connectivity index (χ0n) is 16.4. The van der Waals surface area contributed by atoms with E-state index < -0.39 is 0 Å². The molecule has 0 bridgehead atoms. The summed E-state index contributed by atoms with van der Waals surface area (Å²) in [5.74, 6) is -0.227. The van der Waals surface area contributed by atoms with Crippen molar-refractivity contribution >= 4 is 17.1 Å². The SMILES string of the molecule is Cc1ccc(-c2ccc(N3c4ccccc4C(C)N3c3ccc(F)cc3)cc2)[nH]1. The van der Waals surface area contributed by atoms with E-state index in [9.17, 15) is 4.39 Å². The molecule has 2 heterocycles. The molecular weight excluding hydrogens is 361 g/mol. The Kier molecular flexibility index (Phi) is 4.13. The van der Waals surface area contributed by atoms with E-state index in [4.69, 9.17) is 0 Å². The number of hydrazine groups is 1. The molecule has 0 saturated carbocycles. The Morgan fingerprint density at radius 2 is 1.48 bits per heavy atom. The molecule has 0 radical (unpaired) electrons. The van der Waals surface area contributed by atoms with Gasteiger partial charge in [0.05, 0.1) is 23.1 Å². The first kappa shape index (κ1) is 17.6. The van der Waals surface area contributed by atoms with E-state index in [0.717, 1.165) is 34.0 Å². The van der Waals surface area contributed by atoms with Gasteiger partial charge in [0.1, 0.15) is 5.82 Å². The molecule has 144 valence electrons. The maximum absolute atomic E-state index is 13.5. The highest BCUT2D eigenvalue weighted by Crippen LogP contribution is 2.46. The Labute approximate surface area is 170 Å². The van der Waals surface area contributed by atoms with Crippen molar-refractivity contribution in [2.24, 2.45) is 0 Å². The van der Waals surface area contributed by atoms with Crippen LogP contribution in [0.25, 0.3) is 11.3 Å². The van der Waals surface area contributed by atoms with Crippen LogP contribution in [0.1, 0.15) is 24.2 Å². The minimum atomic E-state index is -0.227. The average Bonchev–Trinajstić information content (AvgIpc) is 3.31. The molecule has 0 saturated heterocycles. The number of nitrogens with one attached hydrogen (secondary N) is 1. The minimum absolute atomic E-state index is 0.141. The normalized spacial score (nSPS) is 15.6. The van der Waals surface area contributed by atoms with Gasteiger partial charge in [0, 0.05) is 17.0 Å². The summed E-state index contributed by atoms with van der Waals surface area (Å²) in [6, 6.07) is 28.0. The second-order valence-corrected chi connectivity index (χ2v) is 7.47. The lowest BCUT2D eigenvalue weighted by atomic mass is 10.1. The van der Waals surface area contributed by atoms with Crippen LogP contribution in [0.15, 0.2) is 84.9 Å². The largest absolute Gasteiger partial charge is 0.359 e. The summed E-state index contributed by atoms with van der Waals surface area (Å²) in [6.07, 6.45) is 0. The summed E-state index contributed by atoms with van der Waals surface area (Å²) >= 11 is 0. The predicted molar refractivity (Wildman–Crippen MR) is 117 cm³/mol. The van der Waals surface area contributed by atoms with Gasteiger partial charge in [-0.3, -0.25) is 10.0 Å². The molecule has 1 N–H and O–H groups in total. The summed E-state index contributed by atoms with van der Waals surface area (Å²) in [6.45, 7) is 4.24. The van der Waals surface area contributed by atoms with E-state index >= 15 is 0 Å². The van der Waals surface area contributed by atoms with Crippen molar-refractivity contribution in [1.29, 1.82) is 0 Å². The van der Waals surface area contributed by atoms with E-state index in [1.807, 2.05) is 12.1 Å². The second kappa shape index (κ2) is 6.82. The highest BCUT2D eigenvalue weighted by atomic mass is 19.1. The first-order valence-corrected chi connectivity index (χ1v) is 9.81. The van der Waals surface area contributed by atoms with Crippen LogP contribution in [0.3, 0.4) is 0 Å². The number of nitrogens with zero attached hydrogens (tertiary/aromatic N) is 2. The highest BCUT2D eigenvalue weighted by Gasteiger charge is 2.34. The van der Waals surface area contributed by atoms with Gasteiger partial charge in [0.2, 0.25) is 0 Å². The summed E-state index contributed by atoms with van der Waals surface area (Å²) < 4.78 is 13.5. The molecule has 0 amide bonds. The number of rotatable bonds is 3. The third kappa shape index (κ3) is 2.97. The second-order valence-electron chi connectivity index (χ2n) is 7.47. The van der Waals surface area contributed by atoms with Crippen LogP contribution in [-0.2, 0) is 0 Å². The van der Waals surface area contributed by atoms with Gasteiger partial charge in [0.15, 0.2) is 0 Å². The number of para-hydroxylation sites is 1. The van der Waals surface area contributed by atoms with E-state index in [1.165, 1.54) is 17.7 Å². The molecule has 1 aliphatic heterocycles. The number of fused-ring (bicyclic) bond motifs is 1. The lowest BCUT2D eigenvalue weighted by Gasteiger charge is -2.35. The first-order valence-electron chi connectivity index (χ1n) is 9.81. The van der Waals surface area contributed by atoms with Gasteiger partial charge in [-0.1, -0.05) is 30.3 Å². The van der Waals surface area contributed by atoms with Crippen molar-refractivity contribution in [2.45, 2.75) is 19.9 Å². The van der Waals surface area contributed by atoms with Crippen LogP contribution in [-0.4, -0.2) is 4.98 Å². The molecule has 5 rings (SSSR count). The molecule has 1 atom stereocenters. The maximum Gasteiger partial charge on any atom is 0.123 e. The van der Waals surface area contributed by atoms with Gasteiger partial charge in [-0.15, -0.1) is 0 Å². The summed E-state index contributed by atoms with van der Waals surface area (Å²) in [5.41, 5.74) is 7.83. The van der Waals surface area contributed by atoms with Crippen molar-refractivity contribution in [1.82, 2.24) is 4.98 Å². The fourth-order valence-electron chi connectivity index (χ4n) is 4.11. The standard InChI is InChI=1S/C25H22FN3/c1-17-7-16-24(27-17)19-8-12-22(13-9-19)29-25-6-4-3-5-23(25)18(2)28(29)21-14-10-20(26)11-15-21/h3-16,18,27H,1-2H3. The summed E-state index contributed by atoms with van der Waals surface area (Å²) in [7, 11) is 0. The quantitative estimate of drug-likeness (QED) is 0.422. The topological polar surface area (TPSA) is 22.3 Å². The molecule has 1 unspecified atom stereocenters. The van der Waals surface area contributed by atoms with Crippen molar-refractivity contribution in [3.05, 3.63) is 102 Å². The van der Waals surface area contributed by atoms with Gasteiger partial charge in [-0.2, -0.15) is 0 Å². The molecule has 3 aromatic carbocycles. The molecule has 0 aliphatic carbocycles. The fourth-order valence-corrected chi connectivity index (χ4v) is 4.11. The lowest BCUT2D eigenvalue weighted by Crippen LogP contribution is -2.35. The van der Waals surface area contributed by atoms with Crippen LogP contribution >= 0.6 is 0 Å². The van der Waals surface area contributed by atoms with Crippen LogP contribution < -0.4 is 10.0 Å². The molecule has 3 nitrogen and oxygen atoms in total. The zero-order chi connectivity index (χ0) is 20.0. The van der Waals surface area contributed by atoms with Gasteiger partial charge >= 0.3 is 0 Å². The van der Waals surface area contributed by atoms with Crippen LogP contribution in [0.4, 0.5) is 21.5 Å². The van der Waals surface area contributed by atoms with Crippen LogP contribution in [0.5, 0.6) is 0 Å². The number of halogens is 1. The van der Waals surface area contributed by atoms with Crippen molar-refractivity contribution in [3.63, 3.8) is 0 Å². The molecule has 4 aromatic rings. The average molecular weight is 383 g/mol. The van der Waals surface area contributed by atoms with E-state index in [-0.39, 0.29) is 11.9 Å². The van der Waals surface area contributed by atoms with Crippen molar-refractivity contribution in [3.8, 4) is 11.3 Å². The minimum Gasteiger partial charge on any atom is -0.359 e. The number of hydrogen-bond acceptors (Lipinski definition) is 2. The lowest BCUT2D eigenvalue weighted by molar-refractivity contribution is 0.626. The molecule has 0 fully saturated rings. The Morgan fingerprint density at radius 3 is 2.17 bits per heavy atom. The maximum atomic E-state index is 13.5. The molecule has 29 heavy (non-hydrogen) atoms. The molecular formula is C25H22FN3. The van der Waals surface area contributed by atoms with Crippen molar-refractivity contribution < 1.29 is 4.39 Å². The van der Waals surface area contributed by atoms with Crippen LogP contribution in [0.2, 0.25) is 0 Å². The first-order chi connectivity index (χ1) is 14.1. The van der Waals surface area contributed by atoms with E-state index in [0.29, 0.717) is 0 Å². The third-order valence-corrected chi connectivity index (χ3v) is 5.54. The zero-order valence-corrected chi connectivity index (χ0v) is 16.4. The number of aromatic nitrogens is 1. The third-order valence-electron chi connectivity index (χ3n) is 5.54. The fraction of sp³-hybridized carbons (Fsp3) is 0.120. The van der Waals surface area contributed by atoms with Gasteiger partial charge < -0.3 is 4.98 Å². The molecule has 0 spiro atoms. The number of aromatic amines is 1. The van der Waals surface area contributed by atoms with E-state index in [2.05, 4.69) is 89.5 Å². The number of H-pyrrole nitrogens is 1. The Balaban J connectivity index is 1.59. The van der Waals surface area contributed by atoms with Crippen molar-refractivity contribution in [2.75, 3.05) is 10.0 Å². The Bertz CT molecular complexity index is 1150. The Hall–Kier alpha value is -3.53. The van der Waals surface area contributed by atoms with E-state index in [1.54, 1.807) is 0 Å². The summed E-state index contributed by atoms with van der Waals surface area (Å²) in [5, 5.41) is 4.44. The number of benzene rings is 3. The number of anilines is 3. The van der Waals surface area contributed by atoms with Crippen LogP contribution in [0, 0.1) is 12.7 Å². The molecule has 1 aliphatic rings. The molecule has 1 aromatic heterocycles. The number of hydrogen-bond donors (Lipinski definition) is 1. The van der Waals surface area contributed by atoms with Gasteiger partial charge in [-0.05, 0) is 74.0 Å².